The van der Waals surface area contributed by atoms with Crippen molar-refractivity contribution in [1.29, 1.82) is 0 Å². The number of ether oxygens (including phenoxy) is 1. The van der Waals surface area contributed by atoms with E-state index in [1.54, 1.807) is 0 Å². The molecule has 0 bridgehead atoms. The van der Waals surface area contributed by atoms with Crippen LogP contribution in [0.25, 0.3) is 0 Å². The highest BCUT2D eigenvalue weighted by atomic mass is 35.5. The molecular weight excluding hydrogens is 344 g/mol. The number of aryl methyl sites for hydroxylation is 2. The third kappa shape index (κ3) is 4.93. The van der Waals surface area contributed by atoms with Crippen LogP contribution in [0.2, 0.25) is 5.02 Å². The smallest absolute Gasteiger partial charge is 0.271 e. The van der Waals surface area contributed by atoms with Crippen molar-refractivity contribution < 1.29 is 14.5 Å². The Morgan fingerprint density at radius 2 is 1.88 bits per heavy atom. The van der Waals surface area contributed by atoms with Crippen molar-refractivity contribution >= 4 is 28.9 Å². The molecule has 25 heavy (non-hydrogen) atoms. The predicted octanol–water partition coefficient (Wildman–Crippen LogP) is 4.66. The van der Waals surface area contributed by atoms with Gasteiger partial charge in [0.25, 0.3) is 11.6 Å². The first kappa shape index (κ1) is 18.7. The fourth-order valence-electron chi connectivity index (χ4n) is 2.42. The molecule has 0 aliphatic rings. The van der Waals surface area contributed by atoms with E-state index in [1.807, 2.05) is 39.0 Å². The van der Waals surface area contributed by atoms with Crippen LogP contribution < -0.4 is 10.1 Å². The molecule has 1 atom stereocenters. The zero-order valence-corrected chi connectivity index (χ0v) is 15.0. The van der Waals surface area contributed by atoms with Gasteiger partial charge in [0.2, 0.25) is 0 Å². The number of nitrogens with one attached hydrogen (secondary N) is 1. The number of non-ortho nitro benzene ring substituents is 1. The van der Waals surface area contributed by atoms with E-state index < -0.39 is 16.9 Å². The number of nitrogens with zero attached hydrogens (tertiary/aromatic N) is 1. The van der Waals surface area contributed by atoms with Gasteiger partial charge in [-0.15, -0.1) is 0 Å². The monoisotopic (exact) mass is 362 g/mol. The van der Waals surface area contributed by atoms with Gasteiger partial charge in [-0.3, -0.25) is 14.9 Å². The van der Waals surface area contributed by atoms with E-state index >= 15 is 0 Å². The van der Waals surface area contributed by atoms with Crippen LogP contribution in [0.5, 0.6) is 5.75 Å². The summed E-state index contributed by atoms with van der Waals surface area (Å²) in [6.07, 6.45) is -0.303. The number of carbonyl (C=O) groups is 1. The first-order valence-corrected chi connectivity index (χ1v) is 8.17. The summed E-state index contributed by atoms with van der Waals surface area (Å²) in [6, 6.07) is 9.59. The van der Waals surface area contributed by atoms with Gasteiger partial charge in [-0.25, -0.2) is 0 Å². The molecule has 0 saturated carbocycles. The number of nitro groups is 1. The maximum atomic E-state index is 12.5. The lowest BCUT2D eigenvalue weighted by molar-refractivity contribution is -0.384. The Labute approximate surface area is 150 Å². The number of hydrogen-bond acceptors (Lipinski definition) is 4. The molecule has 1 N–H and O–H groups in total. The molecule has 0 aliphatic heterocycles. The second kappa shape index (κ2) is 7.98. The minimum absolute atomic E-state index is 0.150. The number of nitro benzene ring substituents is 1. The van der Waals surface area contributed by atoms with Crippen LogP contribution in [0.3, 0.4) is 0 Å². The number of rotatable bonds is 6. The molecule has 0 aliphatic carbocycles. The number of benzene rings is 2. The second-order valence-corrected chi connectivity index (χ2v) is 6.16. The maximum Gasteiger partial charge on any atom is 0.271 e. The van der Waals surface area contributed by atoms with E-state index in [1.165, 1.54) is 18.2 Å². The molecule has 0 spiro atoms. The van der Waals surface area contributed by atoms with Gasteiger partial charge < -0.3 is 10.1 Å². The normalized spacial score (nSPS) is 11.7. The number of amides is 1. The highest BCUT2D eigenvalue weighted by molar-refractivity contribution is 6.33. The van der Waals surface area contributed by atoms with Crippen molar-refractivity contribution in [3.05, 3.63) is 62.7 Å². The number of carbonyl (C=O) groups excluding carboxylic acids is 1. The highest BCUT2D eigenvalue weighted by Gasteiger charge is 2.21. The Bertz CT molecular complexity index is 787. The Hall–Kier alpha value is -2.60. The molecule has 7 heteroatoms. The van der Waals surface area contributed by atoms with Crippen LogP contribution in [-0.4, -0.2) is 16.9 Å². The minimum atomic E-state index is -0.739. The molecule has 0 fully saturated rings. The second-order valence-electron chi connectivity index (χ2n) is 5.75. The van der Waals surface area contributed by atoms with Gasteiger partial charge in [0.1, 0.15) is 5.75 Å². The van der Waals surface area contributed by atoms with E-state index in [9.17, 15) is 14.9 Å². The molecule has 0 aromatic heterocycles. The number of halogens is 1. The lowest BCUT2D eigenvalue weighted by Crippen LogP contribution is -2.32. The summed E-state index contributed by atoms with van der Waals surface area (Å²) >= 11 is 6.02. The molecule has 6 nitrogen and oxygen atoms in total. The molecule has 132 valence electrons. The van der Waals surface area contributed by atoms with Gasteiger partial charge >= 0.3 is 0 Å². The predicted molar refractivity (Wildman–Crippen MR) is 97.4 cm³/mol. The van der Waals surface area contributed by atoms with Crippen molar-refractivity contribution in [3.8, 4) is 5.75 Å². The maximum absolute atomic E-state index is 12.5. The molecule has 1 amide bonds. The summed E-state index contributed by atoms with van der Waals surface area (Å²) in [5.74, 6) is 0.189. The van der Waals surface area contributed by atoms with Gasteiger partial charge in [-0.05, 0) is 49.6 Å². The van der Waals surface area contributed by atoms with Crippen LogP contribution in [-0.2, 0) is 4.79 Å². The van der Waals surface area contributed by atoms with Gasteiger partial charge in [0.15, 0.2) is 6.10 Å². The van der Waals surface area contributed by atoms with Crippen LogP contribution in [0, 0.1) is 24.0 Å². The van der Waals surface area contributed by atoms with Gasteiger partial charge in [-0.1, -0.05) is 24.6 Å². The molecule has 0 radical (unpaired) electrons. The Balaban J connectivity index is 2.17. The molecular formula is C18H19ClN2O4. The van der Waals surface area contributed by atoms with E-state index in [0.717, 1.165) is 11.1 Å². The van der Waals surface area contributed by atoms with Crippen molar-refractivity contribution in [3.63, 3.8) is 0 Å². The van der Waals surface area contributed by atoms with E-state index in [0.29, 0.717) is 12.2 Å². The third-order valence-corrected chi connectivity index (χ3v) is 3.88. The van der Waals surface area contributed by atoms with Gasteiger partial charge in [0, 0.05) is 12.1 Å². The molecule has 2 aromatic carbocycles. The van der Waals surface area contributed by atoms with Crippen LogP contribution in [0.15, 0.2) is 36.4 Å². The van der Waals surface area contributed by atoms with E-state index in [4.69, 9.17) is 16.3 Å². The third-order valence-electron chi connectivity index (χ3n) is 3.56. The molecule has 2 rings (SSSR count). The quantitative estimate of drug-likeness (QED) is 0.598. The highest BCUT2D eigenvalue weighted by Crippen LogP contribution is 2.27. The summed E-state index contributed by atoms with van der Waals surface area (Å²) in [6.45, 7) is 5.72. The Morgan fingerprint density at radius 1 is 1.24 bits per heavy atom. The first-order valence-electron chi connectivity index (χ1n) is 7.80. The van der Waals surface area contributed by atoms with Crippen LogP contribution in [0.4, 0.5) is 11.4 Å². The summed E-state index contributed by atoms with van der Waals surface area (Å²) in [5.41, 5.74) is 2.10. The Kier molecular flexibility index (Phi) is 5.98. The SMILES string of the molecule is CC[C@@H](Oc1cc(C)cc(C)c1)C(=O)Nc1cc([N+](=O)[O-])ccc1Cl. The fourth-order valence-corrected chi connectivity index (χ4v) is 2.59. The number of anilines is 1. The average molecular weight is 363 g/mol. The zero-order chi connectivity index (χ0) is 18.6. The summed E-state index contributed by atoms with van der Waals surface area (Å²) in [4.78, 5) is 22.8. The van der Waals surface area contributed by atoms with Gasteiger partial charge in [0.05, 0.1) is 15.6 Å². The van der Waals surface area contributed by atoms with Crippen molar-refractivity contribution in [2.45, 2.75) is 33.3 Å². The standard InChI is InChI=1S/C18H19ClN2O4/c1-4-17(25-14-8-11(2)7-12(3)9-14)18(22)20-16-10-13(21(23)24)5-6-15(16)19/h5-10,17H,4H2,1-3H3,(H,20,22)/t17-/m1/s1. The topological polar surface area (TPSA) is 81.5 Å². The minimum Gasteiger partial charge on any atom is -0.481 e. The fraction of sp³-hybridized carbons (Fsp3) is 0.278. The Morgan fingerprint density at radius 3 is 2.44 bits per heavy atom. The molecule has 0 heterocycles. The van der Waals surface area contributed by atoms with Crippen LogP contribution >= 0.6 is 11.6 Å². The number of hydrogen-bond donors (Lipinski definition) is 1. The van der Waals surface area contributed by atoms with Crippen LogP contribution in [0.1, 0.15) is 24.5 Å². The van der Waals surface area contributed by atoms with Gasteiger partial charge in [-0.2, -0.15) is 0 Å². The summed E-state index contributed by atoms with van der Waals surface area (Å²) < 4.78 is 5.79. The lowest BCUT2D eigenvalue weighted by Gasteiger charge is -2.18. The summed E-state index contributed by atoms with van der Waals surface area (Å²) in [7, 11) is 0. The van der Waals surface area contributed by atoms with Crippen molar-refractivity contribution in [2.75, 3.05) is 5.32 Å². The zero-order valence-electron chi connectivity index (χ0n) is 14.2. The molecule has 2 aromatic rings. The lowest BCUT2D eigenvalue weighted by atomic mass is 10.1. The molecule has 0 saturated heterocycles. The van der Waals surface area contributed by atoms with Crippen molar-refractivity contribution in [2.24, 2.45) is 0 Å². The molecule has 0 unspecified atom stereocenters. The average Bonchev–Trinajstić information content (AvgIpc) is 2.53. The largest absolute Gasteiger partial charge is 0.481 e. The van der Waals surface area contributed by atoms with E-state index in [-0.39, 0.29) is 16.4 Å². The first-order chi connectivity index (χ1) is 11.8. The summed E-state index contributed by atoms with van der Waals surface area (Å²) in [5, 5.41) is 13.7. The van der Waals surface area contributed by atoms with Crippen molar-refractivity contribution in [1.82, 2.24) is 0 Å². The van der Waals surface area contributed by atoms with E-state index in [2.05, 4.69) is 5.32 Å².